The molecule has 0 radical (unpaired) electrons. The standard InChI is InChI=1S/C20H30N2O6/c23-17(13-5-1-3-7-15(13)19(25)26)21-9-11-22(12-10-21)18(24)14-6-2-4-8-16(14)20(27)28/h13-16H,1-12H2,(H,25,26)(H,27,28)/t13-,14-,15-,16+/m1/s1. The molecule has 8 heteroatoms. The molecule has 0 aromatic carbocycles. The zero-order valence-electron chi connectivity index (χ0n) is 16.2. The van der Waals surface area contributed by atoms with Gasteiger partial charge in [-0.3, -0.25) is 19.2 Å². The fourth-order valence-corrected chi connectivity index (χ4v) is 5.06. The van der Waals surface area contributed by atoms with Crippen LogP contribution in [-0.2, 0) is 19.2 Å². The molecule has 8 nitrogen and oxygen atoms in total. The van der Waals surface area contributed by atoms with Gasteiger partial charge in [-0.2, -0.15) is 0 Å². The van der Waals surface area contributed by atoms with E-state index in [1.807, 2.05) is 0 Å². The van der Waals surface area contributed by atoms with Crippen LogP contribution in [0.25, 0.3) is 0 Å². The van der Waals surface area contributed by atoms with Crippen LogP contribution in [0.4, 0.5) is 0 Å². The van der Waals surface area contributed by atoms with Crippen LogP contribution in [0.3, 0.4) is 0 Å². The van der Waals surface area contributed by atoms with Gasteiger partial charge in [0, 0.05) is 26.2 Å². The highest BCUT2D eigenvalue weighted by Crippen LogP contribution is 2.33. The second kappa shape index (κ2) is 8.92. The Balaban J connectivity index is 1.57. The van der Waals surface area contributed by atoms with E-state index in [2.05, 4.69) is 0 Å². The molecule has 0 aromatic heterocycles. The molecule has 0 bridgehead atoms. The minimum absolute atomic E-state index is 0.111. The Kier molecular flexibility index (Phi) is 6.57. The summed E-state index contributed by atoms with van der Waals surface area (Å²) in [4.78, 5) is 52.1. The number of aliphatic carboxylic acids is 2. The van der Waals surface area contributed by atoms with Gasteiger partial charge in [-0.25, -0.2) is 0 Å². The SMILES string of the molecule is O=C(O)[C@H]1CCCC[C@H]1C(=O)N1CCN(C(=O)[C@@H]2CCCC[C@H]2C(=O)O)CC1. The molecule has 2 saturated carbocycles. The van der Waals surface area contributed by atoms with Crippen LogP contribution in [0.2, 0.25) is 0 Å². The summed E-state index contributed by atoms with van der Waals surface area (Å²) in [5, 5.41) is 18.8. The summed E-state index contributed by atoms with van der Waals surface area (Å²) in [6.07, 6.45) is 5.73. The van der Waals surface area contributed by atoms with Crippen molar-refractivity contribution in [2.75, 3.05) is 26.2 Å². The Morgan fingerprint density at radius 3 is 1.11 bits per heavy atom. The predicted octanol–water partition coefficient (Wildman–Crippen LogP) is 1.44. The van der Waals surface area contributed by atoms with E-state index in [-0.39, 0.29) is 11.8 Å². The van der Waals surface area contributed by atoms with Gasteiger partial charge in [-0.1, -0.05) is 25.7 Å². The highest BCUT2D eigenvalue weighted by atomic mass is 16.4. The monoisotopic (exact) mass is 394 g/mol. The number of nitrogens with zero attached hydrogens (tertiary/aromatic N) is 2. The smallest absolute Gasteiger partial charge is 0.307 e. The lowest BCUT2D eigenvalue weighted by atomic mass is 9.78. The Morgan fingerprint density at radius 1 is 0.536 bits per heavy atom. The van der Waals surface area contributed by atoms with Crippen molar-refractivity contribution >= 4 is 23.8 Å². The third-order valence-electron chi connectivity index (χ3n) is 6.70. The van der Waals surface area contributed by atoms with E-state index in [0.717, 1.165) is 25.7 Å². The number of carboxylic acids is 2. The molecular formula is C20H30N2O6. The molecule has 0 aromatic rings. The summed E-state index contributed by atoms with van der Waals surface area (Å²) in [6, 6.07) is 0. The van der Waals surface area contributed by atoms with Crippen molar-refractivity contribution in [2.45, 2.75) is 51.4 Å². The quantitative estimate of drug-likeness (QED) is 0.745. The van der Waals surface area contributed by atoms with E-state index in [4.69, 9.17) is 0 Å². The molecule has 3 fully saturated rings. The van der Waals surface area contributed by atoms with Crippen molar-refractivity contribution in [1.29, 1.82) is 0 Å². The van der Waals surface area contributed by atoms with Crippen LogP contribution in [0.15, 0.2) is 0 Å². The zero-order chi connectivity index (χ0) is 20.3. The fraction of sp³-hybridized carbons (Fsp3) is 0.800. The first-order valence-corrected chi connectivity index (χ1v) is 10.4. The van der Waals surface area contributed by atoms with E-state index in [1.54, 1.807) is 9.80 Å². The minimum Gasteiger partial charge on any atom is -0.481 e. The number of piperazine rings is 1. The Labute approximate surface area is 164 Å². The molecule has 0 spiro atoms. The number of carbonyl (C=O) groups excluding carboxylic acids is 2. The first kappa shape index (κ1) is 20.6. The summed E-state index contributed by atoms with van der Waals surface area (Å²) >= 11 is 0. The lowest BCUT2D eigenvalue weighted by molar-refractivity contribution is -0.156. The third-order valence-corrected chi connectivity index (χ3v) is 6.70. The average molecular weight is 394 g/mol. The molecule has 3 aliphatic rings. The molecule has 156 valence electrons. The fourth-order valence-electron chi connectivity index (χ4n) is 5.06. The Bertz CT molecular complexity index is 574. The Morgan fingerprint density at radius 2 is 0.821 bits per heavy atom. The number of hydrogen-bond acceptors (Lipinski definition) is 4. The van der Waals surface area contributed by atoms with Crippen LogP contribution >= 0.6 is 0 Å². The second-order valence-corrected chi connectivity index (χ2v) is 8.32. The summed E-state index contributed by atoms with van der Waals surface area (Å²) in [6.45, 7) is 1.55. The lowest BCUT2D eigenvalue weighted by Crippen LogP contribution is -2.55. The summed E-state index contributed by atoms with van der Waals surface area (Å²) in [7, 11) is 0. The van der Waals surface area contributed by atoms with Gasteiger partial charge in [-0.05, 0) is 25.7 Å². The molecule has 28 heavy (non-hydrogen) atoms. The van der Waals surface area contributed by atoms with E-state index in [1.165, 1.54) is 0 Å². The summed E-state index contributed by atoms with van der Waals surface area (Å²) < 4.78 is 0. The number of amides is 2. The normalized spacial score (nSPS) is 31.3. The minimum atomic E-state index is -0.899. The van der Waals surface area contributed by atoms with Gasteiger partial charge in [0.1, 0.15) is 0 Å². The molecule has 2 N–H and O–H groups in total. The molecule has 1 aliphatic heterocycles. The summed E-state index contributed by atoms with van der Waals surface area (Å²) in [5.74, 6) is -4.18. The van der Waals surface area contributed by atoms with Crippen molar-refractivity contribution < 1.29 is 29.4 Å². The topological polar surface area (TPSA) is 115 Å². The van der Waals surface area contributed by atoms with Crippen molar-refractivity contribution in [3.05, 3.63) is 0 Å². The molecule has 2 aliphatic carbocycles. The first-order valence-electron chi connectivity index (χ1n) is 10.4. The molecule has 0 unspecified atom stereocenters. The summed E-state index contributed by atoms with van der Waals surface area (Å²) in [5.41, 5.74) is 0. The van der Waals surface area contributed by atoms with E-state index in [0.29, 0.717) is 51.9 Å². The number of hydrogen-bond donors (Lipinski definition) is 2. The van der Waals surface area contributed by atoms with Crippen LogP contribution in [-0.4, -0.2) is 69.9 Å². The van der Waals surface area contributed by atoms with Crippen molar-refractivity contribution in [2.24, 2.45) is 23.7 Å². The van der Waals surface area contributed by atoms with Gasteiger partial charge >= 0.3 is 11.9 Å². The first-order chi connectivity index (χ1) is 13.4. The lowest BCUT2D eigenvalue weighted by Gasteiger charge is -2.40. The maximum Gasteiger partial charge on any atom is 0.307 e. The predicted molar refractivity (Wildman–Crippen MR) is 99.3 cm³/mol. The highest BCUT2D eigenvalue weighted by molar-refractivity contribution is 5.86. The molecular weight excluding hydrogens is 364 g/mol. The third kappa shape index (κ3) is 4.31. The molecule has 1 saturated heterocycles. The van der Waals surface area contributed by atoms with Crippen LogP contribution < -0.4 is 0 Å². The molecule has 1 heterocycles. The van der Waals surface area contributed by atoms with E-state index in [9.17, 15) is 29.4 Å². The van der Waals surface area contributed by atoms with Gasteiger partial charge in [-0.15, -0.1) is 0 Å². The van der Waals surface area contributed by atoms with Gasteiger partial charge in [0.15, 0.2) is 0 Å². The number of carboxylic acid groups (broad SMARTS) is 2. The van der Waals surface area contributed by atoms with Crippen LogP contribution in [0, 0.1) is 23.7 Å². The molecule has 3 rings (SSSR count). The number of carbonyl (C=O) groups is 4. The largest absolute Gasteiger partial charge is 0.481 e. The average Bonchev–Trinajstić information content (AvgIpc) is 2.72. The molecule has 4 atom stereocenters. The van der Waals surface area contributed by atoms with Gasteiger partial charge in [0.25, 0.3) is 0 Å². The van der Waals surface area contributed by atoms with Gasteiger partial charge in [0.2, 0.25) is 11.8 Å². The van der Waals surface area contributed by atoms with Crippen LogP contribution in [0.1, 0.15) is 51.4 Å². The van der Waals surface area contributed by atoms with Crippen molar-refractivity contribution in [3.8, 4) is 0 Å². The maximum absolute atomic E-state index is 12.9. The van der Waals surface area contributed by atoms with Crippen molar-refractivity contribution in [3.63, 3.8) is 0 Å². The van der Waals surface area contributed by atoms with Gasteiger partial charge in [0.05, 0.1) is 23.7 Å². The highest BCUT2D eigenvalue weighted by Gasteiger charge is 2.41. The van der Waals surface area contributed by atoms with Crippen molar-refractivity contribution in [1.82, 2.24) is 9.80 Å². The van der Waals surface area contributed by atoms with E-state index < -0.39 is 35.6 Å². The van der Waals surface area contributed by atoms with E-state index >= 15 is 0 Å². The zero-order valence-corrected chi connectivity index (χ0v) is 16.2. The van der Waals surface area contributed by atoms with Crippen LogP contribution in [0.5, 0.6) is 0 Å². The maximum atomic E-state index is 12.9. The van der Waals surface area contributed by atoms with Gasteiger partial charge < -0.3 is 20.0 Å². The molecule has 2 amide bonds. The Hall–Kier alpha value is -2.12. The second-order valence-electron chi connectivity index (χ2n) is 8.32. The number of rotatable bonds is 4.